The van der Waals surface area contributed by atoms with Crippen molar-refractivity contribution in [3.8, 4) is 0 Å². The first-order valence-corrected chi connectivity index (χ1v) is 11.7. The van der Waals surface area contributed by atoms with Gasteiger partial charge < -0.3 is 10.6 Å². The molecule has 1 aliphatic carbocycles. The first-order chi connectivity index (χ1) is 15.5. The van der Waals surface area contributed by atoms with Crippen LogP contribution < -0.4 is 10.6 Å². The molecule has 170 valence electrons. The van der Waals surface area contributed by atoms with Gasteiger partial charge in [0.15, 0.2) is 0 Å². The number of hydrogen-bond acceptors (Lipinski definition) is 3. The van der Waals surface area contributed by atoms with Crippen molar-refractivity contribution in [2.24, 2.45) is 5.92 Å². The van der Waals surface area contributed by atoms with Crippen LogP contribution in [0.2, 0.25) is 5.02 Å². The van der Waals surface area contributed by atoms with E-state index in [9.17, 15) is 14.0 Å². The summed E-state index contributed by atoms with van der Waals surface area (Å²) in [6.45, 7) is 2.34. The average Bonchev–Trinajstić information content (AvgIpc) is 3.30. The molecule has 1 saturated carbocycles. The van der Waals surface area contributed by atoms with E-state index in [1.807, 2.05) is 6.07 Å². The van der Waals surface area contributed by atoms with Crippen molar-refractivity contribution >= 4 is 29.1 Å². The van der Waals surface area contributed by atoms with E-state index >= 15 is 0 Å². The zero-order valence-corrected chi connectivity index (χ0v) is 18.8. The van der Waals surface area contributed by atoms with Crippen LogP contribution in [-0.4, -0.2) is 35.8 Å². The van der Waals surface area contributed by atoms with Crippen molar-refractivity contribution in [1.82, 2.24) is 10.2 Å². The molecule has 32 heavy (non-hydrogen) atoms. The Morgan fingerprint density at radius 2 is 1.69 bits per heavy atom. The van der Waals surface area contributed by atoms with E-state index in [2.05, 4.69) is 15.5 Å². The number of likely N-dealkylation sites (tertiary alicyclic amines) is 1. The molecule has 2 amide bonds. The van der Waals surface area contributed by atoms with Gasteiger partial charge in [0.05, 0.1) is 0 Å². The number of carbonyl (C=O) groups excluding carboxylic acids is 2. The molecule has 0 radical (unpaired) electrons. The van der Waals surface area contributed by atoms with Gasteiger partial charge in [0.2, 0.25) is 5.91 Å². The lowest BCUT2D eigenvalue weighted by molar-refractivity contribution is -0.127. The number of anilines is 1. The highest BCUT2D eigenvalue weighted by Gasteiger charge is 2.27. The van der Waals surface area contributed by atoms with E-state index in [0.717, 1.165) is 44.3 Å². The molecule has 1 aliphatic heterocycles. The molecule has 2 N–H and O–H groups in total. The zero-order chi connectivity index (χ0) is 22.5. The smallest absolute Gasteiger partial charge is 0.255 e. The van der Waals surface area contributed by atoms with Crippen LogP contribution >= 0.6 is 11.6 Å². The molecular formula is C25H29ClFN3O2. The molecule has 0 spiro atoms. The lowest BCUT2D eigenvalue weighted by atomic mass is 9.95. The Morgan fingerprint density at radius 1 is 1.00 bits per heavy atom. The van der Waals surface area contributed by atoms with E-state index in [1.165, 1.54) is 37.1 Å². The Bertz CT molecular complexity index is 952. The molecule has 2 aromatic rings. The van der Waals surface area contributed by atoms with Crippen LogP contribution in [0.5, 0.6) is 0 Å². The maximum atomic E-state index is 13.1. The second-order valence-electron chi connectivity index (χ2n) is 8.81. The molecule has 0 bridgehead atoms. The molecule has 2 aromatic carbocycles. The molecule has 1 saturated heterocycles. The first kappa shape index (κ1) is 22.7. The van der Waals surface area contributed by atoms with Crippen LogP contribution in [0.3, 0.4) is 0 Å². The van der Waals surface area contributed by atoms with Crippen LogP contribution in [0.4, 0.5) is 10.1 Å². The molecule has 2 fully saturated rings. The average molecular weight is 458 g/mol. The highest BCUT2D eigenvalue weighted by atomic mass is 35.5. The van der Waals surface area contributed by atoms with Gasteiger partial charge in [-0.2, -0.15) is 0 Å². The number of nitrogens with one attached hydrogen (secondary N) is 2. The van der Waals surface area contributed by atoms with Gasteiger partial charge in [0.25, 0.3) is 5.91 Å². The van der Waals surface area contributed by atoms with E-state index in [-0.39, 0.29) is 23.5 Å². The Kier molecular flexibility index (Phi) is 7.43. The highest BCUT2D eigenvalue weighted by molar-refractivity contribution is 6.31. The topological polar surface area (TPSA) is 61.4 Å². The Labute approximate surface area is 193 Å². The number of hydrogen-bond donors (Lipinski definition) is 2. The fraction of sp³-hybridized carbons (Fsp3) is 0.440. The lowest BCUT2D eigenvalue weighted by Crippen LogP contribution is -2.43. The van der Waals surface area contributed by atoms with Gasteiger partial charge >= 0.3 is 0 Å². The van der Waals surface area contributed by atoms with Crippen LogP contribution in [0.1, 0.15) is 54.4 Å². The fourth-order valence-electron chi connectivity index (χ4n) is 4.56. The van der Waals surface area contributed by atoms with Crippen molar-refractivity contribution in [2.75, 3.05) is 18.4 Å². The Hall–Kier alpha value is -2.44. The van der Waals surface area contributed by atoms with Gasteiger partial charge in [-0.1, -0.05) is 24.4 Å². The summed E-state index contributed by atoms with van der Waals surface area (Å²) < 4.78 is 13.1. The predicted molar refractivity (Wildman–Crippen MR) is 124 cm³/mol. The summed E-state index contributed by atoms with van der Waals surface area (Å²) in [5, 5.41) is 6.72. The molecule has 0 unspecified atom stereocenters. The summed E-state index contributed by atoms with van der Waals surface area (Å²) in [6.07, 6.45) is 6.34. The summed E-state index contributed by atoms with van der Waals surface area (Å²) in [7, 11) is 0. The van der Waals surface area contributed by atoms with Crippen LogP contribution in [0, 0.1) is 11.7 Å². The highest BCUT2D eigenvalue weighted by Crippen LogP contribution is 2.26. The number of rotatable bonds is 6. The van der Waals surface area contributed by atoms with Crippen molar-refractivity contribution < 1.29 is 14.0 Å². The zero-order valence-electron chi connectivity index (χ0n) is 18.1. The third-order valence-electron chi connectivity index (χ3n) is 6.46. The van der Waals surface area contributed by atoms with E-state index in [0.29, 0.717) is 28.9 Å². The molecule has 4 rings (SSSR count). The van der Waals surface area contributed by atoms with Gasteiger partial charge in [-0.05, 0) is 86.8 Å². The Morgan fingerprint density at radius 3 is 2.38 bits per heavy atom. The summed E-state index contributed by atoms with van der Waals surface area (Å²) in [5.74, 6) is -0.383. The molecule has 1 heterocycles. The monoisotopic (exact) mass is 457 g/mol. The lowest BCUT2D eigenvalue weighted by Gasteiger charge is -2.32. The van der Waals surface area contributed by atoms with Crippen molar-refractivity contribution in [1.29, 1.82) is 0 Å². The largest absolute Gasteiger partial charge is 0.353 e. The number of nitrogens with zero attached hydrogens (tertiary/aromatic N) is 1. The van der Waals surface area contributed by atoms with Crippen molar-refractivity contribution in [2.45, 2.75) is 51.1 Å². The van der Waals surface area contributed by atoms with Crippen molar-refractivity contribution in [3.63, 3.8) is 0 Å². The minimum atomic E-state index is -0.380. The maximum absolute atomic E-state index is 13.1. The molecule has 0 aromatic heterocycles. The van der Waals surface area contributed by atoms with Crippen LogP contribution in [0.15, 0.2) is 42.5 Å². The molecular weight excluding hydrogens is 429 g/mol. The normalized spacial score (nSPS) is 17.9. The minimum absolute atomic E-state index is 0.0867. The molecule has 0 atom stereocenters. The van der Waals surface area contributed by atoms with Crippen LogP contribution in [0.25, 0.3) is 0 Å². The van der Waals surface area contributed by atoms with Crippen molar-refractivity contribution in [3.05, 3.63) is 64.4 Å². The van der Waals surface area contributed by atoms with E-state index < -0.39 is 0 Å². The summed E-state index contributed by atoms with van der Waals surface area (Å²) in [4.78, 5) is 27.3. The van der Waals surface area contributed by atoms with Gasteiger partial charge in [-0.25, -0.2) is 4.39 Å². The molecule has 5 nitrogen and oxygen atoms in total. The van der Waals surface area contributed by atoms with E-state index in [1.54, 1.807) is 12.1 Å². The fourth-order valence-corrected chi connectivity index (χ4v) is 4.74. The SMILES string of the molecule is O=C(Nc1ccc(Cl)c(CN2CCC(C(=O)NC3CCCC3)CC2)c1)c1ccc(F)cc1. The number of amides is 2. The summed E-state index contributed by atoms with van der Waals surface area (Å²) in [5.41, 5.74) is 1.96. The first-order valence-electron chi connectivity index (χ1n) is 11.4. The van der Waals surface area contributed by atoms with Gasteiger partial charge in [0.1, 0.15) is 5.82 Å². The Balaban J connectivity index is 1.31. The van der Waals surface area contributed by atoms with Gasteiger partial charge in [0, 0.05) is 34.8 Å². The minimum Gasteiger partial charge on any atom is -0.353 e. The second-order valence-corrected chi connectivity index (χ2v) is 9.21. The second kappa shape index (κ2) is 10.5. The predicted octanol–water partition coefficient (Wildman–Crippen LogP) is 5.00. The van der Waals surface area contributed by atoms with Crippen LogP contribution in [-0.2, 0) is 11.3 Å². The molecule has 2 aliphatic rings. The third-order valence-corrected chi connectivity index (χ3v) is 6.83. The maximum Gasteiger partial charge on any atom is 0.255 e. The number of halogens is 2. The molecule has 7 heteroatoms. The van der Waals surface area contributed by atoms with Gasteiger partial charge in [-0.15, -0.1) is 0 Å². The number of piperidine rings is 1. The summed E-state index contributed by atoms with van der Waals surface area (Å²) in [6, 6.07) is 11.2. The number of carbonyl (C=O) groups is 2. The quantitative estimate of drug-likeness (QED) is 0.641. The standard InChI is InChI=1S/C25H29ClFN3O2/c26-23-10-9-22(29-24(31)17-5-7-20(27)8-6-17)15-19(23)16-30-13-11-18(12-14-30)25(32)28-21-3-1-2-4-21/h5-10,15,18,21H,1-4,11-14,16H2,(H,28,32)(H,29,31). The number of benzene rings is 2. The van der Waals surface area contributed by atoms with Gasteiger partial charge in [-0.3, -0.25) is 14.5 Å². The van der Waals surface area contributed by atoms with E-state index in [4.69, 9.17) is 11.6 Å². The summed E-state index contributed by atoms with van der Waals surface area (Å²) >= 11 is 6.42. The third kappa shape index (κ3) is 5.87.